The predicted octanol–water partition coefficient (Wildman–Crippen LogP) is 2.16. The summed E-state index contributed by atoms with van der Waals surface area (Å²) < 4.78 is 13.7. The van der Waals surface area contributed by atoms with Crippen molar-refractivity contribution >= 4 is 35.8 Å². The summed E-state index contributed by atoms with van der Waals surface area (Å²) >= 11 is 0. The fourth-order valence-corrected chi connectivity index (χ4v) is 2.35. The molecule has 1 aromatic rings. The van der Waals surface area contributed by atoms with E-state index in [-0.39, 0.29) is 35.8 Å². The van der Waals surface area contributed by atoms with Crippen molar-refractivity contribution < 1.29 is 4.39 Å². The first-order valence-corrected chi connectivity index (χ1v) is 7.25. The molecule has 1 fully saturated rings. The van der Waals surface area contributed by atoms with Gasteiger partial charge in [0.1, 0.15) is 0 Å². The lowest BCUT2D eigenvalue weighted by atomic mass is 10.3. The van der Waals surface area contributed by atoms with E-state index in [1.807, 2.05) is 11.8 Å². The lowest BCUT2D eigenvalue weighted by Gasteiger charge is -2.19. The Balaban J connectivity index is 0.00000242. The summed E-state index contributed by atoms with van der Waals surface area (Å²) in [6.07, 6.45) is 4.30. The van der Waals surface area contributed by atoms with Gasteiger partial charge in [-0.2, -0.15) is 0 Å². The maximum atomic E-state index is 13.7. The molecule has 1 aliphatic heterocycles. The Bertz CT molecular complexity index is 508. The van der Waals surface area contributed by atoms with Crippen molar-refractivity contribution in [3.05, 3.63) is 36.8 Å². The van der Waals surface area contributed by atoms with Gasteiger partial charge in [-0.05, 0) is 25.5 Å². The SMILES string of the molecule is C=CCN=C(NCC)NC1CCN(c2ncccc2F)C1.I. The van der Waals surface area contributed by atoms with Crippen molar-refractivity contribution in [2.75, 3.05) is 31.1 Å². The minimum Gasteiger partial charge on any atom is -0.357 e. The van der Waals surface area contributed by atoms with Gasteiger partial charge in [0, 0.05) is 31.9 Å². The molecule has 0 aromatic carbocycles. The smallest absolute Gasteiger partial charge is 0.191 e. The minimum absolute atomic E-state index is 0. The van der Waals surface area contributed by atoms with Gasteiger partial charge in [0.15, 0.2) is 17.6 Å². The summed E-state index contributed by atoms with van der Waals surface area (Å²) in [5.74, 6) is 0.922. The second-order valence-corrected chi connectivity index (χ2v) is 4.89. The number of pyridine rings is 1. The summed E-state index contributed by atoms with van der Waals surface area (Å²) in [5, 5.41) is 6.56. The molecule has 1 aliphatic rings. The molecule has 1 saturated heterocycles. The van der Waals surface area contributed by atoms with Crippen molar-refractivity contribution in [3.8, 4) is 0 Å². The zero-order valence-electron chi connectivity index (χ0n) is 12.8. The minimum atomic E-state index is -0.273. The maximum Gasteiger partial charge on any atom is 0.191 e. The number of guanidine groups is 1. The lowest BCUT2D eigenvalue weighted by Crippen LogP contribution is -2.44. The average molecular weight is 419 g/mol. The number of aliphatic imine (C=N–C) groups is 1. The fraction of sp³-hybridized carbons (Fsp3) is 0.467. The fourth-order valence-electron chi connectivity index (χ4n) is 2.35. The first-order chi connectivity index (χ1) is 10.2. The zero-order chi connectivity index (χ0) is 15.1. The molecule has 1 atom stereocenters. The third-order valence-corrected chi connectivity index (χ3v) is 3.29. The molecule has 1 aromatic heterocycles. The monoisotopic (exact) mass is 419 g/mol. The van der Waals surface area contributed by atoms with Crippen LogP contribution >= 0.6 is 24.0 Å². The van der Waals surface area contributed by atoms with E-state index in [1.54, 1.807) is 18.3 Å². The van der Waals surface area contributed by atoms with Gasteiger partial charge in [-0.1, -0.05) is 6.08 Å². The number of nitrogens with one attached hydrogen (secondary N) is 2. The molecular weight excluding hydrogens is 396 g/mol. The Morgan fingerprint density at radius 2 is 2.45 bits per heavy atom. The van der Waals surface area contributed by atoms with Crippen LogP contribution in [0.5, 0.6) is 0 Å². The van der Waals surface area contributed by atoms with E-state index in [9.17, 15) is 4.39 Å². The molecule has 7 heteroatoms. The van der Waals surface area contributed by atoms with Crippen molar-refractivity contribution in [2.24, 2.45) is 4.99 Å². The van der Waals surface area contributed by atoms with E-state index >= 15 is 0 Å². The number of rotatable bonds is 5. The van der Waals surface area contributed by atoms with Crippen LogP contribution in [0.4, 0.5) is 10.2 Å². The van der Waals surface area contributed by atoms with Crippen LogP contribution in [0, 0.1) is 5.82 Å². The van der Waals surface area contributed by atoms with E-state index in [0.717, 1.165) is 25.5 Å². The van der Waals surface area contributed by atoms with Gasteiger partial charge in [-0.15, -0.1) is 30.6 Å². The van der Waals surface area contributed by atoms with Crippen LogP contribution in [0.2, 0.25) is 0 Å². The van der Waals surface area contributed by atoms with Gasteiger partial charge in [0.25, 0.3) is 0 Å². The normalized spacial score (nSPS) is 17.8. The van der Waals surface area contributed by atoms with E-state index in [2.05, 4.69) is 27.2 Å². The summed E-state index contributed by atoms with van der Waals surface area (Å²) in [6, 6.07) is 3.28. The van der Waals surface area contributed by atoms with Crippen molar-refractivity contribution in [3.63, 3.8) is 0 Å². The molecule has 2 N–H and O–H groups in total. The molecule has 2 heterocycles. The van der Waals surface area contributed by atoms with Gasteiger partial charge >= 0.3 is 0 Å². The van der Waals surface area contributed by atoms with Crippen LogP contribution in [0.3, 0.4) is 0 Å². The highest BCUT2D eigenvalue weighted by atomic mass is 127. The first-order valence-electron chi connectivity index (χ1n) is 7.25. The van der Waals surface area contributed by atoms with Gasteiger partial charge in [-0.25, -0.2) is 14.4 Å². The molecular formula is C15H23FIN5. The number of aromatic nitrogens is 1. The average Bonchev–Trinajstić information content (AvgIpc) is 2.94. The molecule has 0 bridgehead atoms. The zero-order valence-corrected chi connectivity index (χ0v) is 15.1. The predicted molar refractivity (Wildman–Crippen MR) is 99.5 cm³/mol. The van der Waals surface area contributed by atoms with Crippen LogP contribution < -0.4 is 15.5 Å². The van der Waals surface area contributed by atoms with E-state index in [0.29, 0.717) is 18.9 Å². The molecule has 0 aliphatic carbocycles. The van der Waals surface area contributed by atoms with Gasteiger partial charge in [0.2, 0.25) is 0 Å². The third-order valence-electron chi connectivity index (χ3n) is 3.29. The van der Waals surface area contributed by atoms with Gasteiger partial charge in [-0.3, -0.25) is 0 Å². The van der Waals surface area contributed by atoms with Gasteiger partial charge in [0.05, 0.1) is 6.54 Å². The Kier molecular flexibility index (Phi) is 8.15. The molecule has 0 radical (unpaired) electrons. The van der Waals surface area contributed by atoms with Crippen LogP contribution in [0.1, 0.15) is 13.3 Å². The Labute approximate surface area is 148 Å². The Morgan fingerprint density at radius 3 is 3.14 bits per heavy atom. The molecule has 0 saturated carbocycles. The summed E-state index contributed by atoms with van der Waals surface area (Å²) in [6.45, 7) is 8.56. The standard InChI is InChI=1S/C15H22FN5.HI/c1-3-8-19-15(17-4-2)20-12-7-10-21(11-12)14-13(16)6-5-9-18-14;/h3,5-6,9,12H,1,4,7-8,10-11H2,2H3,(H2,17,19,20);1H. The highest BCUT2D eigenvalue weighted by molar-refractivity contribution is 14.0. The number of anilines is 1. The summed E-state index contributed by atoms with van der Waals surface area (Å²) in [7, 11) is 0. The lowest BCUT2D eigenvalue weighted by molar-refractivity contribution is 0.612. The third kappa shape index (κ3) is 5.11. The largest absolute Gasteiger partial charge is 0.357 e. The number of halogens is 2. The molecule has 5 nitrogen and oxygen atoms in total. The van der Waals surface area contributed by atoms with E-state index in [1.165, 1.54) is 6.07 Å². The summed E-state index contributed by atoms with van der Waals surface area (Å²) in [4.78, 5) is 10.5. The number of hydrogen-bond acceptors (Lipinski definition) is 3. The number of nitrogens with zero attached hydrogens (tertiary/aromatic N) is 3. The highest BCUT2D eigenvalue weighted by Gasteiger charge is 2.25. The molecule has 1 unspecified atom stereocenters. The Morgan fingerprint density at radius 1 is 1.64 bits per heavy atom. The van der Waals surface area contributed by atoms with Crippen molar-refractivity contribution in [1.82, 2.24) is 15.6 Å². The van der Waals surface area contributed by atoms with Crippen LogP contribution in [0.15, 0.2) is 36.0 Å². The highest BCUT2D eigenvalue weighted by Crippen LogP contribution is 2.20. The van der Waals surface area contributed by atoms with Crippen LogP contribution in [0.25, 0.3) is 0 Å². The first kappa shape index (κ1) is 18.7. The maximum absolute atomic E-state index is 13.7. The second kappa shape index (κ2) is 9.60. The molecule has 122 valence electrons. The quantitative estimate of drug-likeness (QED) is 0.333. The summed E-state index contributed by atoms with van der Waals surface area (Å²) in [5.41, 5.74) is 0. The van der Waals surface area contributed by atoms with E-state index in [4.69, 9.17) is 0 Å². The van der Waals surface area contributed by atoms with Gasteiger partial charge < -0.3 is 15.5 Å². The molecule has 22 heavy (non-hydrogen) atoms. The molecule has 0 amide bonds. The van der Waals surface area contributed by atoms with Crippen molar-refractivity contribution in [2.45, 2.75) is 19.4 Å². The molecule has 2 rings (SSSR count). The van der Waals surface area contributed by atoms with E-state index < -0.39 is 0 Å². The topological polar surface area (TPSA) is 52.6 Å². The van der Waals surface area contributed by atoms with Crippen LogP contribution in [-0.4, -0.2) is 43.2 Å². The Hall–Kier alpha value is -1.38. The molecule has 0 spiro atoms. The number of hydrogen-bond donors (Lipinski definition) is 2. The van der Waals surface area contributed by atoms with Crippen LogP contribution in [-0.2, 0) is 0 Å². The second-order valence-electron chi connectivity index (χ2n) is 4.89. The van der Waals surface area contributed by atoms with Crippen molar-refractivity contribution in [1.29, 1.82) is 0 Å².